The molecule has 3 nitrogen and oxygen atoms in total. The predicted molar refractivity (Wildman–Crippen MR) is 46.8 cm³/mol. The third kappa shape index (κ3) is 7.06. The fraction of sp³-hybridized carbons (Fsp3) is 0.625. The molecule has 64 valence electrons. The zero-order chi connectivity index (χ0) is 8.53. The van der Waals surface area contributed by atoms with Gasteiger partial charge in [-0.15, -0.1) is 6.58 Å². The molecule has 6 N–H and O–H groups in total. The largest absolute Gasteiger partial charge is 0.358 e. The van der Waals surface area contributed by atoms with Crippen molar-refractivity contribution in [2.24, 2.45) is 5.73 Å². The number of nitrogens with two attached hydrogens (primary N) is 1. The average molecular weight is 157 g/mol. The van der Waals surface area contributed by atoms with Crippen LogP contribution in [0.5, 0.6) is 0 Å². The molecular weight excluding hydrogens is 138 g/mol. The van der Waals surface area contributed by atoms with Crippen LogP contribution in [0.2, 0.25) is 0 Å². The van der Waals surface area contributed by atoms with Crippen molar-refractivity contribution in [2.45, 2.75) is 19.3 Å². The van der Waals surface area contributed by atoms with Gasteiger partial charge in [-0.25, -0.2) is 0 Å². The number of nitrogens with one attached hydrogen (secondary N) is 1. The van der Waals surface area contributed by atoms with Crippen LogP contribution in [0.4, 0.5) is 0 Å². The van der Waals surface area contributed by atoms with Crippen molar-refractivity contribution in [3.8, 4) is 0 Å². The van der Waals surface area contributed by atoms with Gasteiger partial charge in [0.25, 0.3) is 0 Å². The van der Waals surface area contributed by atoms with Gasteiger partial charge in [0.05, 0.1) is 19.5 Å². The van der Waals surface area contributed by atoms with E-state index in [1.54, 1.807) is 6.08 Å². The number of quaternary nitrogens is 1. The smallest absolute Gasteiger partial charge is 0.244 e. The van der Waals surface area contributed by atoms with Crippen LogP contribution in [0.1, 0.15) is 19.3 Å². The second kappa shape index (κ2) is 7.28. The topological polar surface area (TPSA) is 67.6 Å². The molecule has 0 saturated heterocycles. The first-order valence-electron chi connectivity index (χ1n) is 4.06. The Labute approximate surface area is 68.2 Å². The number of unbranched alkanes of at least 4 members (excludes halogenated alkanes) is 1. The molecule has 0 unspecified atom stereocenters. The Morgan fingerprint density at radius 1 is 1.55 bits per heavy atom. The Morgan fingerprint density at radius 3 is 2.82 bits per heavy atom. The Hall–Kier alpha value is -0.830. The van der Waals surface area contributed by atoms with Gasteiger partial charge in [-0.05, 0) is 6.42 Å². The Balaban J connectivity index is 3.31. The maximum Gasteiger partial charge on any atom is 0.244 e. The summed E-state index contributed by atoms with van der Waals surface area (Å²) in [6.07, 6.45) is 4.85. The molecule has 0 aliphatic heterocycles. The molecule has 0 radical (unpaired) electrons. The lowest BCUT2D eigenvalue weighted by atomic mass is 10.3. The lowest BCUT2D eigenvalue weighted by Gasteiger charge is -1.90. The van der Waals surface area contributed by atoms with E-state index < -0.39 is 0 Å². The molecule has 0 spiro atoms. The van der Waals surface area contributed by atoms with E-state index in [9.17, 15) is 0 Å². The summed E-state index contributed by atoms with van der Waals surface area (Å²) in [6, 6.07) is 0. The molecular formula is C8H19N3+2. The molecule has 0 saturated carbocycles. The minimum Gasteiger partial charge on any atom is -0.358 e. The van der Waals surface area contributed by atoms with Crippen molar-refractivity contribution in [1.29, 1.82) is 0 Å². The number of rotatable bonds is 6. The molecule has 11 heavy (non-hydrogen) atoms. The average Bonchev–Trinajstić information content (AvgIpc) is 1.99. The van der Waals surface area contributed by atoms with E-state index in [0.29, 0.717) is 0 Å². The predicted octanol–water partition coefficient (Wildman–Crippen LogP) is -1.98. The SMILES string of the molecule is C=CCC(N)=[NH+]CCCC[NH3+]. The lowest BCUT2D eigenvalue weighted by Crippen LogP contribution is -2.75. The van der Waals surface area contributed by atoms with E-state index in [1.165, 1.54) is 0 Å². The van der Waals surface area contributed by atoms with E-state index in [1.807, 2.05) is 0 Å². The van der Waals surface area contributed by atoms with Crippen LogP contribution in [-0.2, 0) is 0 Å². The van der Waals surface area contributed by atoms with E-state index in [-0.39, 0.29) is 0 Å². The lowest BCUT2D eigenvalue weighted by molar-refractivity contribution is -0.461. The van der Waals surface area contributed by atoms with E-state index in [2.05, 4.69) is 17.3 Å². The molecule has 0 aliphatic carbocycles. The number of hydrogen-bond donors (Lipinski definition) is 3. The minimum absolute atomic E-state index is 0.754. The van der Waals surface area contributed by atoms with Crippen LogP contribution in [0, 0.1) is 0 Å². The van der Waals surface area contributed by atoms with Gasteiger partial charge in [0, 0.05) is 6.42 Å². The summed E-state index contributed by atoms with van der Waals surface area (Å²) in [5.41, 5.74) is 9.34. The third-order valence-corrected chi connectivity index (χ3v) is 1.39. The van der Waals surface area contributed by atoms with Crippen LogP contribution in [0.15, 0.2) is 12.7 Å². The fourth-order valence-corrected chi connectivity index (χ4v) is 0.778. The summed E-state index contributed by atoms with van der Waals surface area (Å²) >= 11 is 0. The van der Waals surface area contributed by atoms with Crippen molar-refractivity contribution in [2.75, 3.05) is 13.1 Å². The summed E-state index contributed by atoms with van der Waals surface area (Å²) in [5.74, 6) is 0.809. The molecule has 0 aromatic rings. The van der Waals surface area contributed by atoms with Crippen LogP contribution >= 0.6 is 0 Å². The highest BCUT2D eigenvalue weighted by atomic mass is 14.8. The Kier molecular flexibility index (Phi) is 6.73. The van der Waals surface area contributed by atoms with Crippen LogP contribution in [-0.4, -0.2) is 18.9 Å². The Bertz CT molecular complexity index is 129. The standard InChI is InChI=1S/C8H17N3/c1-2-5-8(10)11-7-4-3-6-9/h2H,1,3-7,9H2,(H2,10,11)/p+2. The van der Waals surface area contributed by atoms with Crippen LogP contribution < -0.4 is 16.5 Å². The van der Waals surface area contributed by atoms with Gasteiger partial charge < -0.3 is 5.73 Å². The first kappa shape index (κ1) is 10.2. The summed E-state index contributed by atoms with van der Waals surface area (Å²) in [5, 5.41) is 0. The van der Waals surface area contributed by atoms with Crippen molar-refractivity contribution < 1.29 is 10.7 Å². The first-order valence-corrected chi connectivity index (χ1v) is 4.06. The van der Waals surface area contributed by atoms with Gasteiger partial charge in [-0.1, -0.05) is 6.08 Å². The quantitative estimate of drug-likeness (QED) is 0.178. The summed E-state index contributed by atoms with van der Waals surface area (Å²) in [7, 11) is 0. The van der Waals surface area contributed by atoms with E-state index in [0.717, 1.165) is 38.2 Å². The summed E-state index contributed by atoms with van der Waals surface area (Å²) in [6.45, 7) is 5.55. The van der Waals surface area contributed by atoms with Gasteiger partial charge >= 0.3 is 0 Å². The number of hydrogen-bond acceptors (Lipinski definition) is 0. The molecule has 0 amide bonds. The number of amidine groups is 1. The highest BCUT2D eigenvalue weighted by Crippen LogP contribution is 1.76. The third-order valence-electron chi connectivity index (χ3n) is 1.39. The minimum atomic E-state index is 0.754. The monoisotopic (exact) mass is 157 g/mol. The van der Waals surface area contributed by atoms with Gasteiger partial charge in [0.15, 0.2) is 0 Å². The maximum atomic E-state index is 5.59. The van der Waals surface area contributed by atoms with Crippen LogP contribution in [0.25, 0.3) is 0 Å². The second-order valence-electron chi connectivity index (χ2n) is 2.51. The molecule has 0 fully saturated rings. The molecule has 0 heterocycles. The fourth-order valence-electron chi connectivity index (χ4n) is 0.778. The second-order valence-corrected chi connectivity index (χ2v) is 2.51. The molecule has 0 rings (SSSR count). The van der Waals surface area contributed by atoms with Gasteiger partial charge in [-0.2, -0.15) is 0 Å². The summed E-state index contributed by atoms with van der Waals surface area (Å²) in [4.78, 5) is 3.11. The molecule has 0 aliphatic rings. The molecule has 0 aromatic carbocycles. The normalized spacial score (nSPS) is 11.5. The van der Waals surface area contributed by atoms with Crippen molar-refractivity contribution in [1.82, 2.24) is 0 Å². The van der Waals surface area contributed by atoms with E-state index in [4.69, 9.17) is 5.73 Å². The highest BCUT2D eigenvalue weighted by molar-refractivity contribution is 5.75. The highest BCUT2D eigenvalue weighted by Gasteiger charge is 1.93. The zero-order valence-corrected chi connectivity index (χ0v) is 7.10. The first-order chi connectivity index (χ1) is 5.31. The Morgan fingerprint density at radius 2 is 2.27 bits per heavy atom. The van der Waals surface area contributed by atoms with Crippen molar-refractivity contribution >= 4 is 5.84 Å². The molecule has 0 aromatic heterocycles. The summed E-state index contributed by atoms with van der Waals surface area (Å²) < 4.78 is 0. The van der Waals surface area contributed by atoms with Crippen LogP contribution in [0.3, 0.4) is 0 Å². The van der Waals surface area contributed by atoms with E-state index >= 15 is 0 Å². The molecule has 0 bridgehead atoms. The van der Waals surface area contributed by atoms with Gasteiger partial charge in [0.2, 0.25) is 5.84 Å². The van der Waals surface area contributed by atoms with Crippen molar-refractivity contribution in [3.05, 3.63) is 12.7 Å². The van der Waals surface area contributed by atoms with Gasteiger partial charge in [-0.3, -0.25) is 10.7 Å². The maximum absolute atomic E-state index is 5.59. The molecule has 0 atom stereocenters. The molecule has 3 heteroatoms. The van der Waals surface area contributed by atoms with Gasteiger partial charge in [0.1, 0.15) is 0 Å². The zero-order valence-electron chi connectivity index (χ0n) is 7.10. The van der Waals surface area contributed by atoms with Crippen molar-refractivity contribution in [3.63, 3.8) is 0 Å².